The van der Waals surface area contributed by atoms with E-state index in [4.69, 9.17) is 9.47 Å². The fourth-order valence-electron chi connectivity index (χ4n) is 4.29. The molecule has 4 rings (SSSR count). The number of amides is 1. The van der Waals surface area contributed by atoms with Crippen LogP contribution in [0.25, 0.3) is 0 Å². The molecule has 1 aliphatic carbocycles. The molecule has 2 unspecified atom stereocenters. The summed E-state index contributed by atoms with van der Waals surface area (Å²) >= 11 is 0. The van der Waals surface area contributed by atoms with E-state index >= 15 is 0 Å². The number of phenols is 1. The van der Waals surface area contributed by atoms with Crippen LogP contribution in [-0.4, -0.2) is 31.0 Å². The van der Waals surface area contributed by atoms with Crippen LogP contribution >= 0.6 is 0 Å². The van der Waals surface area contributed by atoms with Crippen molar-refractivity contribution in [2.75, 3.05) is 14.2 Å². The number of methoxy groups -OCH3 is 2. The van der Waals surface area contributed by atoms with Crippen LogP contribution in [0.3, 0.4) is 0 Å². The second-order valence-electron chi connectivity index (χ2n) is 7.43. The summed E-state index contributed by atoms with van der Waals surface area (Å²) < 4.78 is 10.5. The monoisotopic (exact) mass is 393 g/mol. The van der Waals surface area contributed by atoms with Gasteiger partial charge in [-0.3, -0.25) is 9.59 Å². The standard InChI is InChI=1S/C23H23NO5/c1-28-16-5-3-4-13(8-16)15-9-18-23(20(26)10-15)17(12-22(27)24-18)14-6-7-19(25)21(11-14)29-2/h3-8,11,15,17,25H,9-10,12H2,1-2H3,(H,24,27). The fourth-order valence-corrected chi connectivity index (χ4v) is 4.29. The molecule has 0 saturated carbocycles. The van der Waals surface area contributed by atoms with Crippen molar-refractivity contribution >= 4 is 11.7 Å². The zero-order chi connectivity index (χ0) is 20.5. The Labute approximate surface area is 169 Å². The predicted octanol–water partition coefficient (Wildman–Crippen LogP) is 3.41. The molecule has 2 aromatic carbocycles. The Bertz CT molecular complexity index is 1010. The number of rotatable bonds is 4. The van der Waals surface area contributed by atoms with E-state index in [0.29, 0.717) is 29.9 Å². The van der Waals surface area contributed by atoms with Crippen LogP contribution in [0, 0.1) is 0 Å². The number of benzene rings is 2. The third kappa shape index (κ3) is 3.58. The molecule has 2 atom stereocenters. The SMILES string of the molecule is COc1cccc(C2CC(=O)C3=C(C2)NC(=O)CC3c2ccc(O)c(OC)c2)c1. The summed E-state index contributed by atoms with van der Waals surface area (Å²) in [5.41, 5.74) is 3.17. The van der Waals surface area contributed by atoms with Crippen molar-refractivity contribution in [2.24, 2.45) is 0 Å². The van der Waals surface area contributed by atoms with Gasteiger partial charge >= 0.3 is 0 Å². The van der Waals surface area contributed by atoms with Crippen LogP contribution in [-0.2, 0) is 9.59 Å². The van der Waals surface area contributed by atoms with Gasteiger partial charge in [0.05, 0.1) is 14.2 Å². The molecule has 1 amide bonds. The molecular weight excluding hydrogens is 370 g/mol. The van der Waals surface area contributed by atoms with E-state index in [1.54, 1.807) is 19.2 Å². The minimum Gasteiger partial charge on any atom is -0.504 e. The van der Waals surface area contributed by atoms with Gasteiger partial charge in [-0.05, 0) is 47.7 Å². The molecule has 1 aliphatic heterocycles. The molecule has 6 nitrogen and oxygen atoms in total. The van der Waals surface area contributed by atoms with Crippen LogP contribution in [0.1, 0.15) is 42.2 Å². The summed E-state index contributed by atoms with van der Waals surface area (Å²) in [6.07, 6.45) is 1.17. The van der Waals surface area contributed by atoms with Gasteiger partial charge in [0.2, 0.25) is 5.91 Å². The van der Waals surface area contributed by atoms with Crippen molar-refractivity contribution in [1.82, 2.24) is 5.32 Å². The van der Waals surface area contributed by atoms with Gasteiger partial charge in [-0.25, -0.2) is 0 Å². The highest BCUT2D eigenvalue weighted by molar-refractivity contribution is 6.02. The van der Waals surface area contributed by atoms with Crippen molar-refractivity contribution in [3.8, 4) is 17.2 Å². The summed E-state index contributed by atoms with van der Waals surface area (Å²) in [5, 5.41) is 12.8. The summed E-state index contributed by atoms with van der Waals surface area (Å²) in [6.45, 7) is 0. The number of nitrogens with one attached hydrogen (secondary N) is 1. The molecule has 2 aromatic rings. The number of carbonyl (C=O) groups excluding carboxylic acids is 2. The quantitative estimate of drug-likeness (QED) is 0.832. The maximum Gasteiger partial charge on any atom is 0.225 e. The van der Waals surface area contributed by atoms with Crippen molar-refractivity contribution in [2.45, 2.75) is 31.1 Å². The number of ether oxygens (including phenoxy) is 2. The molecule has 0 fully saturated rings. The van der Waals surface area contributed by atoms with Crippen molar-refractivity contribution in [3.63, 3.8) is 0 Å². The minimum atomic E-state index is -0.341. The van der Waals surface area contributed by atoms with E-state index in [0.717, 1.165) is 16.9 Å². The van der Waals surface area contributed by atoms with Gasteiger partial charge in [0.1, 0.15) is 5.75 Å². The molecule has 0 saturated heterocycles. The lowest BCUT2D eigenvalue weighted by atomic mass is 9.73. The first kappa shape index (κ1) is 19.1. The Morgan fingerprint density at radius 2 is 1.79 bits per heavy atom. The smallest absolute Gasteiger partial charge is 0.225 e. The van der Waals surface area contributed by atoms with Gasteiger partial charge in [-0.1, -0.05) is 18.2 Å². The molecule has 0 radical (unpaired) electrons. The number of hydrogen-bond acceptors (Lipinski definition) is 5. The summed E-state index contributed by atoms with van der Waals surface area (Å²) in [6, 6.07) is 12.7. The first-order chi connectivity index (χ1) is 14.0. The maximum absolute atomic E-state index is 13.2. The zero-order valence-electron chi connectivity index (χ0n) is 16.4. The highest BCUT2D eigenvalue weighted by Crippen LogP contribution is 2.44. The number of phenolic OH excluding ortho intramolecular Hbond substituents is 1. The Hall–Kier alpha value is -3.28. The van der Waals surface area contributed by atoms with Crippen molar-refractivity contribution < 1.29 is 24.2 Å². The van der Waals surface area contributed by atoms with Crippen LogP contribution in [0.5, 0.6) is 17.2 Å². The van der Waals surface area contributed by atoms with Gasteiger partial charge in [0.15, 0.2) is 17.3 Å². The number of allylic oxidation sites excluding steroid dienone is 2. The molecule has 1 heterocycles. The number of aromatic hydroxyl groups is 1. The molecular formula is C23H23NO5. The summed E-state index contributed by atoms with van der Waals surface area (Å²) in [7, 11) is 3.09. The van der Waals surface area contributed by atoms with Gasteiger partial charge in [-0.2, -0.15) is 0 Å². The molecule has 150 valence electrons. The van der Waals surface area contributed by atoms with Gasteiger partial charge in [-0.15, -0.1) is 0 Å². The average Bonchev–Trinajstić information content (AvgIpc) is 2.73. The van der Waals surface area contributed by atoms with E-state index < -0.39 is 0 Å². The average molecular weight is 393 g/mol. The maximum atomic E-state index is 13.2. The molecule has 0 aromatic heterocycles. The third-order valence-electron chi connectivity index (χ3n) is 5.71. The highest BCUT2D eigenvalue weighted by Gasteiger charge is 2.38. The van der Waals surface area contributed by atoms with Crippen LogP contribution in [0.4, 0.5) is 0 Å². The summed E-state index contributed by atoms with van der Waals surface area (Å²) in [4.78, 5) is 25.6. The fraction of sp³-hybridized carbons (Fsp3) is 0.304. The molecule has 0 bridgehead atoms. The van der Waals surface area contributed by atoms with Gasteiger partial charge in [0, 0.05) is 30.0 Å². The molecule has 2 aliphatic rings. The Balaban J connectivity index is 1.71. The van der Waals surface area contributed by atoms with E-state index in [-0.39, 0.29) is 35.7 Å². The van der Waals surface area contributed by atoms with E-state index in [1.807, 2.05) is 24.3 Å². The topological polar surface area (TPSA) is 84.9 Å². The van der Waals surface area contributed by atoms with Crippen LogP contribution < -0.4 is 14.8 Å². The normalized spacial score (nSPS) is 21.4. The second kappa shape index (κ2) is 7.62. The van der Waals surface area contributed by atoms with Gasteiger partial charge in [0.25, 0.3) is 0 Å². The number of hydrogen-bond donors (Lipinski definition) is 2. The number of Topliss-reactive ketones (excluding diaryl/α,β-unsaturated/α-hetero) is 1. The zero-order valence-corrected chi connectivity index (χ0v) is 16.4. The Morgan fingerprint density at radius 3 is 2.55 bits per heavy atom. The summed E-state index contributed by atoms with van der Waals surface area (Å²) in [5.74, 6) is 0.677. The predicted molar refractivity (Wildman–Crippen MR) is 107 cm³/mol. The lowest BCUT2D eigenvalue weighted by molar-refractivity contribution is -0.122. The molecule has 29 heavy (non-hydrogen) atoms. The largest absolute Gasteiger partial charge is 0.504 e. The number of carbonyl (C=O) groups is 2. The van der Waals surface area contributed by atoms with E-state index in [9.17, 15) is 14.7 Å². The third-order valence-corrected chi connectivity index (χ3v) is 5.71. The Morgan fingerprint density at radius 1 is 0.966 bits per heavy atom. The van der Waals surface area contributed by atoms with E-state index in [2.05, 4.69) is 5.32 Å². The molecule has 6 heteroatoms. The minimum absolute atomic E-state index is 0.00949. The lowest BCUT2D eigenvalue weighted by Crippen LogP contribution is -2.38. The van der Waals surface area contributed by atoms with Crippen molar-refractivity contribution in [1.29, 1.82) is 0 Å². The Kier molecular flexibility index (Phi) is 5.01. The molecule has 0 spiro atoms. The molecule has 2 N–H and O–H groups in total. The first-order valence-electron chi connectivity index (χ1n) is 9.57. The van der Waals surface area contributed by atoms with Crippen molar-refractivity contribution in [3.05, 3.63) is 64.9 Å². The lowest BCUT2D eigenvalue weighted by Gasteiger charge is -2.34. The second-order valence-corrected chi connectivity index (χ2v) is 7.43. The number of ketones is 1. The van der Waals surface area contributed by atoms with Crippen LogP contribution in [0.15, 0.2) is 53.7 Å². The van der Waals surface area contributed by atoms with E-state index in [1.165, 1.54) is 13.2 Å². The highest BCUT2D eigenvalue weighted by atomic mass is 16.5. The van der Waals surface area contributed by atoms with Gasteiger partial charge < -0.3 is 19.9 Å². The first-order valence-corrected chi connectivity index (χ1v) is 9.57. The van der Waals surface area contributed by atoms with Crippen LogP contribution in [0.2, 0.25) is 0 Å².